The van der Waals surface area contributed by atoms with Gasteiger partial charge in [0, 0.05) is 5.39 Å². The summed E-state index contributed by atoms with van der Waals surface area (Å²) in [6, 6.07) is 7.63. The first-order valence-corrected chi connectivity index (χ1v) is 10.1. The number of rotatable bonds is 5. The third-order valence-electron chi connectivity index (χ3n) is 4.30. The Balaban J connectivity index is 1.86. The number of phenolic OH excluding ortho intramolecular Hbond substituents is 1. The average molecular weight is 388 g/mol. The van der Waals surface area contributed by atoms with Crippen molar-refractivity contribution < 1.29 is 22.8 Å². The first-order valence-electron chi connectivity index (χ1n) is 8.42. The van der Waals surface area contributed by atoms with Gasteiger partial charge in [-0.1, -0.05) is 18.1 Å². The second-order valence-corrected chi connectivity index (χ2v) is 8.67. The minimum Gasteiger partial charge on any atom is -0.506 e. The zero-order valence-corrected chi connectivity index (χ0v) is 16.1. The zero-order chi connectivity index (χ0) is 19.8. The summed E-state index contributed by atoms with van der Waals surface area (Å²) in [5.41, 5.74) is 3.11. The predicted octanol–water partition coefficient (Wildman–Crippen LogP) is 3.13. The van der Waals surface area contributed by atoms with Crippen LogP contribution in [0.1, 0.15) is 23.7 Å². The number of phenols is 1. The van der Waals surface area contributed by atoms with Crippen LogP contribution in [0.4, 0.5) is 5.69 Å². The van der Waals surface area contributed by atoms with Crippen molar-refractivity contribution in [1.82, 2.24) is 5.16 Å². The molecular weight excluding hydrogens is 368 g/mol. The van der Waals surface area contributed by atoms with Crippen molar-refractivity contribution in [2.45, 2.75) is 32.1 Å². The van der Waals surface area contributed by atoms with Gasteiger partial charge in [-0.3, -0.25) is 4.79 Å². The lowest BCUT2D eigenvalue weighted by Crippen LogP contribution is -2.15. The lowest BCUT2D eigenvalue weighted by molar-refractivity contribution is -0.115. The quantitative estimate of drug-likeness (QED) is 0.650. The SMILES string of the molecule is CCS(=O)(=O)c1ccc(O)c(NC(=O)Cc2noc3cc(C)cc(C)c23)c1. The number of hydrogen-bond acceptors (Lipinski definition) is 6. The van der Waals surface area contributed by atoms with Gasteiger partial charge in [-0.25, -0.2) is 8.42 Å². The van der Waals surface area contributed by atoms with E-state index in [0.29, 0.717) is 11.3 Å². The largest absolute Gasteiger partial charge is 0.506 e. The van der Waals surface area contributed by atoms with Crippen molar-refractivity contribution in [3.05, 3.63) is 47.2 Å². The number of sulfone groups is 1. The van der Waals surface area contributed by atoms with Gasteiger partial charge in [0.1, 0.15) is 11.4 Å². The summed E-state index contributed by atoms with van der Waals surface area (Å²) in [6.45, 7) is 5.39. The smallest absolute Gasteiger partial charge is 0.230 e. The predicted molar refractivity (Wildman–Crippen MR) is 102 cm³/mol. The molecule has 2 N–H and O–H groups in total. The molecule has 0 saturated carbocycles. The van der Waals surface area contributed by atoms with E-state index >= 15 is 0 Å². The summed E-state index contributed by atoms with van der Waals surface area (Å²) in [5, 5.41) is 17.3. The fraction of sp³-hybridized carbons (Fsp3) is 0.263. The second kappa shape index (κ2) is 7.03. The minimum absolute atomic E-state index is 0.0369. The Labute approximate surface area is 156 Å². The van der Waals surface area contributed by atoms with E-state index in [1.54, 1.807) is 0 Å². The number of anilines is 1. The Morgan fingerprint density at radius 2 is 1.96 bits per heavy atom. The zero-order valence-electron chi connectivity index (χ0n) is 15.2. The Hall–Kier alpha value is -2.87. The molecule has 0 unspecified atom stereocenters. The van der Waals surface area contributed by atoms with E-state index in [9.17, 15) is 18.3 Å². The van der Waals surface area contributed by atoms with Crippen molar-refractivity contribution in [2.75, 3.05) is 11.1 Å². The highest BCUT2D eigenvalue weighted by molar-refractivity contribution is 7.91. The van der Waals surface area contributed by atoms with Crippen LogP contribution in [-0.4, -0.2) is 30.3 Å². The molecule has 2 aromatic carbocycles. The highest BCUT2D eigenvalue weighted by atomic mass is 32.2. The normalized spacial score (nSPS) is 11.7. The highest BCUT2D eigenvalue weighted by Gasteiger charge is 2.18. The van der Waals surface area contributed by atoms with Crippen LogP contribution in [0.5, 0.6) is 5.75 Å². The molecule has 0 bridgehead atoms. The van der Waals surface area contributed by atoms with Crippen LogP contribution < -0.4 is 5.32 Å². The van der Waals surface area contributed by atoms with Crippen LogP contribution in [0, 0.1) is 13.8 Å². The second-order valence-electron chi connectivity index (χ2n) is 6.39. The van der Waals surface area contributed by atoms with Gasteiger partial charge in [0.15, 0.2) is 15.4 Å². The topological polar surface area (TPSA) is 110 Å². The van der Waals surface area contributed by atoms with E-state index in [0.717, 1.165) is 16.5 Å². The maximum Gasteiger partial charge on any atom is 0.230 e. The standard InChI is InChI=1S/C19H20N2O5S/c1-4-27(24,25)13-5-6-16(22)14(9-13)20-18(23)10-15-19-12(3)7-11(2)8-17(19)26-21-15/h5-9,22H,4,10H2,1-3H3,(H,20,23). The molecule has 0 atom stereocenters. The summed E-state index contributed by atoms with van der Waals surface area (Å²) in [5.74, 6) is -0.726. The molecule has 1 heterocycles. The summed E-state index contributed by atoms with van der Waals surface area (Å²) in [4.78, 5) is 12.5. The average Bonchev–Trinajstić information content (AvgIpc) is 2.99. The Morgan fingerprint density at radius 1 is 1.22 bits per heavy atom. The third-order valence-corrected chi connectivity index (χ3v) is 6.03. The summed E-state index contributed by atoms with van der Waals surface area (Å²) < 4.78 is 29.3. The van der Waals surface area contributed by atoms with E-state index in [1.165, 1.54) is 25.1 Å². The number of hydrogen-bond donors (Lipinski definition) is 2. The minimum atomic E-state index is -3.45. The molecular formula is C19H20N2O5S. The van der Waals surface area contributed by atoms with Crippen LogP contribution >= 0.6 is 0 Å². The van der Waals surface area contributed by atoms with Crippen LogP contribution in [0.25, 0.3) is 11.0 Å². The number of benzene rings is 2. The number of fused-ring (bicyclic) bond motifs is 1. The summed E-state index contributed by atoms with van der Waals surface area (Å²) >= 11 is 0. The van der Waals surface area contributed by atoms with Gasteiger partial charge in [-0.15, -0.1) is 0 Å². The molecule has 0 aliphatic carbocycles. The molecule has 0 fully saturated rings. The highest BCUT2D eigenvalue weighted by Crippen LogP contribution is 2.28. The molecule has 0 radical (unpaired) electrons. The van der Waals surface area contributed by atoms with Crippen LogP contribution in [0.15, 0.2) is 39.8 Å². The van der Waals surface area contributed by atoms with Crippen molar-refractivity contribution in [1.29, 1.82) is 0 Å². The number of carbonyl (C=O) groups is 1. The molecule has 3 aromatic rings. The van der Waals surface area contributed by atoms with Gasteiger partial charge < -0.3 is 14.9 Å². The van der Waals surface area contributed by atoms with Crippen molar-refractivity contribution >= 4 is 32.4 Å². The van der Waals surface area contributed by atoms with Gasteiger partial charge in [0.2, 0.25) is 5.91 Å². The lowest BCUT2D eigenvalue weighted by Gasteiger charge is -2.09. The molecule has 27 heavy (non-hydrogen) atoms. The van der Waals surface area contributed by atoms with Gasteiger partial charge in [0.25, 0.3) is 0 Å². The van der Waals surface area contributed by atoms with E-state index < -0.39 is 15.7 Å². The molecule has 7 nitrogen and oxygen atoms in total. The molecule has 0 spiro atoms. The van der Waals surface area contributed by atoms with E-state index in [-0.39, 0.29) is 28.5 Å². The maximum absolute atomic E-state index is 12.4. The number of carbonyl (C=O) groups excluding carboxylic acids is 1. The first kappa shape index (κ1) is 18.9. The van der Waals surface area contributed by atoms with Gasteiger partial charge in [-0.2, -0.15) is 0 Å². The van der Waals surface area contributed by atoms with Gasteiger partial charge >= 0.3 is 0 Å². The van der Waals surface area contributed by atoms with Gasteiger partial charge in [0.05, 0.1) is 22.8 Å². The first-order chi connectivity index (χ1) is 12.7. The molecule has 0 aliphatic rings. The Morgan fingerprint density at radius 3 is 2.67 bits per heavy atom. The summed E-state index contributed by atoms with van der Waals surface area (Å²) in [6.07, 6.45) is -0.0684. The number of aromatic hydroxyl groups is 1. The lowest BCUT2D eigenvalue weighted by atomic mass is 10.0. The van der Waals surface area contributed by atoms with E-state index in [1.807, 2.05) is 26.0 Å². The van der Waals surface area contributed by atoms with Crippen molar-refractivity contribution in [3.8, 4) is 5.75 Å². The molecule has 3 rings (SSSR count). The Kier molecular flexibility index (Phi) is 4.93. The van der Waals surface area contributed by atoms with Crippen molar-refractivity contribution in [2.24, 2.45) is 0 Å². The molecule has 1 amide bonds. The fourth-order valence-electron chi connectivity index (χ4n) is 2.96. The maximum atomic E-state index is 12.4. The number of aryl methyl sites for hydroxylation is 2. The fourth-order valence-corrected chi connectivity index (χ4v) is 3.87. The third kappa shape index (κ3) is 3.80. The molecule has 8 heteroatoms. The van der Waals surface area contributed by atoms with Crippen LogP contribution in [-0.2, 0) is 21.1 Å². The molecule has 142 valence electrons. The van der Waals surface area contributed by atoms with Crippen LogP contribution in [0.3, 0.4) is 0 Å². The number of nitrogens with one attached hydrogen (secondary N) is 1. The van der Waals surface area contributed by atoms with Crippen molar-refractivity contribution in [3.63, 3.8) is 0 Å². The summed E-state index contributed by atoms with van der Waals surface area (Å²) in [7, 11) is -3.45. The molecule has 0 aliphatic heterocycles. The molecule has 1 aromatic heterocycles. The van der Waals surface area contributed by atoms with Crippen LogP contribution in [0.2, 0.25) is 0 Å². The monoisotopic (exact) mass is 388 g/mol. The molecule has 0 saturated heterocycles. The number of nitrogens with zero attached hydrogens (tertiary/aromatic N) is 1. The number of amides is 1. The van der Waals surface area contributed by atoms with E-state index in [4.69, 9.17) is 4.52 Å². The van der Waals surface area contributed by atoms with E-state index in [2.05, 4.69) is 10.5 Å². The Bertz CT molecular complexity index is 1130. The number of aromatic nitrogens is 1. The van der Waals surface area contributed by atoms with Gasteiger partial charge in [-0.05, 0) is 49.2 Å².